The van der Waals surface area contributed by atoms with Crippen LogP contribution in [0.15, 0.2) is 18.2 Å². The predicted molar refractivity (Wildman–Crippen MR) is 72.3 cm³/mol. The second kappa shape index (κ2) is 5.67. The summed E-state index contributed by atoms with van der Waals surface area (Å²) >= 11 is 3.25. The van der Waals surface area contributed by atoms with Crippen molar-refractivity contribution >= 4 is 21.7 Å². The van der Waals surface area contributed by atoms with Gasteiger partial charge in [-0.05, 0) is 42.5 Å². The topological polar surface area (TPSA) is 26.3 Å². The summed E-state index contributed by atoms with van der Waals surface area (Å²) in [5, 5.41) is 0.388. The van der Waals surface area contributed by atoms with E-state index in [9.17, 15) is 4.79 Å². The molecule has 2 rings (SSSR count). The van der Waals surface area contributed by atoms with Gasteiger partial charge in [0.1, 0.15) is 5.75 Å². The van der Waals surface area contributed by atoms with Crippen LogP contribution in [0.3, 0.4) is 0 Å². The zero-order valence-electron chi connectivity index (χ0n) is 10.0. The highest BCUT2D eigenvalue weighted by Crippen LogP contribution is 2.37. The summed E-state index contributed by atoms with van der Waals surface area (Å²) < 4.78 is 5.26. The average Bonchev–Trinajstić information content (AvgIpc) is 2.91. The molecule has 0 saturated heterocycles. The van der Waals surface area contributed by atoms with Gasteiger partial charge >= 0.3 is 0 Å². The number of ether oxygens (including phenoxy) is 1. The highest BCUT2D eigenvalue weighted by Gasteiger charge is 2.22. The first-order chi connectivity index (χ1) is 8.26. The highest BCUT2D eigenvalue weighted by molar-refractivity contribution is 9.09. The maximum atomic E-state index is 11.9. The molecule has 1 aliphatic carbocycles. The van der Waals surface area contributed by atoms with Crippen molar-refractivity contribution in [1.82, 2.24) is 0 Å². The van der Waals surface area contributed by atoms with Crippen LogP contribution in [0.5, 0.6) is 5.75 Å². The van der Waals surface area contributed by atoms with Gasteiger partial charge in [-0.2, -0.15) is 0 Å². The zero-order chi connectivity index (χ0) is 12.3. The van der Waals surface area contributed by atoms with Crippen LogP contribution in [0, 0.1) is 0 Å². The summed E-state index contributed by atoms with van der Waals surface area (Å²) in [6, 6.07) is 5.80. The van der Waals surface area contributed by atoms with Crippen molar-refractivity contribution < 1.29 is 9.53 Å². The molecule has 0 bridgehead atoms. The van der Waals surface area contributed by atoms with Crippen molar-refractivity contribution in [1.29, 1.82) is 0 Å². The third kappa shape index (κ3) is 2.71. The number of alkyl halides is 1. The molecule has 0 spiro atoms. The van der Waals surface area contributed by atoms with Crippen LogP contribution in [0.2, 0.25) is 0 Å². The molecule has 1 fully saturated rings. The van der Waals surface area contributed by atoms with Gasteiger partial charge in [0, 0.05) is 5.56 Å². The van der Waals surface area contributed by atoms with Crippen LogP contribution < -0.4 is 4.74 Å². The zero-order valence-corrected chi connectivity index (χ0v) is 11.6. The van der Waals surface area contributed by atoms with Gasteiger partial charge in [0.15, 0.2) is 5.78 Å². The van der Waals surface area contributed by atoms with Crippen molar-refractivity contribution in [2.24, 2.45) is 0 Å². The Kier molecular flexibility index (Phi) is 4.21. The Morgan fingerprint density at radius 1 is 1.41 bits per heavy atom. The Bertz CT molecular complexity index is 409. The number of hydrogen-bond acceptors (Lipinski definition) is 2. The van der Waals surface area contributed by atoms with E-state index in [1.165, 1.54) is 31.2 Å². The minimum Gasteiger partial charge on any atom is -0.497 e. The Labute approximate surface area is 110 Å². The molecule has 0 N–H and O–H groups in total. The first kappa shape index (κ1) is 12.6. The first-order valence-electron chi connectivity index (χ1n) is 6.03. The van der Waals surface area contributed by atoms with E-state index in [1.807, 2.05) is 18.2 Å². The Morgan fingerprint density at radius 2 is 2.12 bits per heavy atom. The lowest BCUT2D eigenvalue weighted by Gasteiger charge is -2.15. The maximum absolute atomic E-state index is 11.9. The molecule has 17 heavy (non-hydrogen) atoms. The van der Waals surface area contributed by atoms with Gasteiger partial charge in [-0.3, -0.25) is 4.79 Å². The minimum absolute atomic E-state index is 0.162. The summed E-state index contributed by atoms with van der Waals surface area (Å²) in [5.74, 6) is 1.54. The number of hydrogen-bond donors (Lipinski definition) is 0. The van der Waals surface area contributed by atoms with Crippen molar-refractivity contribution in [2.45, 2.75) is 31.6 Å². The third-order valence-corrected chi connectivity index (χ3v) is 3.98. The van der Waals surface area contributed by atoms with Crippen molar-refractivity contribution in [2.75, 3.05) is 12.4 Å². The van der Waals surface area contributed by atoms with E-state index < -0.39 is 0 Å². The molecular formula is C14H17BrO2. The molecule has 0 aliphatic heterocycles. The number of rotatable bonds is 4. The van der Waals surface area contributed by atoms with Gasteiger partial charge in [-0.1, -0.05) is 28.8 Å². The Hall–Kier alpha value is -0.830. The number of benzene rings is 1. The van der Waals surface area contributed by atoms with Gasteiger partial charge in [-0.25, -0.2) is 0 Å². The molecule has 0 amide bonds. The van der Waals surface area contributed by atoms with E-state index >= 15 is 0 Å². The monoisotopic (exact) mass is 296 g/mol. The van der Waals surface area contributed by atoms with Crippen LogP contribution in [-0.4, -0.2) is 18.2 Å². The molecule has 0 unspecified atom stereocenters. The summed E-state index contributed by atoms with van der Waals surface area (Å²) in [4.78, 5) is 11.9. The number of ketones is 1. The minimum atomic E-state index is 0.162. The number of halogens is 1. The van der Waals surface area contributed by atoms with E-state index in [4.69, 9.17) is 4.74 Å². The SMILES string of the molecule is COc1ccc(C(=O)CBr)c(C2CCCC2)c1. The second-order valence-electron chi connectivity index (χ2n) is 4.49. The average molecular weight is 297 g/mol. The van der Waals surface area contributed by atoms with E-state index in [0.717, 1.165) is 11.3 Å². The molecule has 1 aromatic rings. The fourth-order valence-electron chi connectivity index (χ4n) is 2.57. The highest BCUT2D eigenvalue weighted by atomic mass is 79.9. The van der Waals surface area contributed by atoms with Crippen LogP contribution in [-0.2, 0) is 0 Å². The molecule has 0 heterocycles. The van der Waals surface area contributed by atoms with E-state index in [1.54, 1.807) is 7.11 Å². The maximum Gasteiger partial charge on any atom is 0.173 e. The van der Waals surface area contributed by atoms with Crippen LogP contribution >= 0.6 is 15.9 Å². The predicted octanol–water partition coefficient (Wildman–Crippen LogP) is 3.93. The quantitative estimate of drug-likeness (QED) is 0.622. The standard InChI is InChI=1S/C14H17BrO2/c1-17-11-6-7-12(14(16)9-15)13(8-11)10-4-2-3-5-10/h6-8,10H,2-5,9H2,1H3. The molecular weight excluding hydrogens is 280 g/mol. The summed E-state index contributed by atoms with van der Waals surface area (Å²) in [6.07, 6.45) is 4.92. The smallest absolute Gasteiger partial charge is 0.173 e. The van der Waals surface area contributed by atoms with Gasteiger partial charge in [0.25, 0.3) is 0 Å². The van der Waals surface area contributed by atoms with Crippen LogP contribution in [0.1, 0.15) is 47.5 Å². The number of methoxy groups -OCH3 is 1. The fraction of sp³-hybridized carbons (Fsp3) is 0.500. The lowest BCUT2D eigenvalue weighted by Crippen LogP contribution is -2.07. The molecule has 2 nitrogen and oxygen atoms in total. The van der Waals surface area contributed by atoms with Crippen LogP contribution in [0.25, 0.3) is 0 Å². The fourth-order valence-corrected chi connectivity index (χ4v) is 2.87. The summed E-state index contributed by atoms with van der Waals surface area (Å²) in [6.45, 7) is 0. The Balaban J connectivity index is 2.39. The van der Waals surface area contributed by atoms with Gasteiger partial charge in [0.2, 0.25) is 0 Å². The molecule has 1 aromatic carbocycles. The molecule has 0 aromatic heterocycles. The Morgan fingerprint density at radius 3 is 2.71 bits per heavy atom. The van der Waals surface area contributed by atoms with Crippen molar-refractivity contribution in [3.8, 4) is 5.75 Å². The van der Waals surface area contributed by atoms with E-state index in [-0.39, 0.29) is 5.78 Å². The van der Waals surface area contributed by atoms with Crippen molar-refractivity contribution in [3.05, 3.63) is 29.3 Å². The molecule has 1 aliphatic rings. The molecule has 3 heteroatoms. The largest absolute Gasteiger partial charge is 0.497 e. The van der Waals surface area contributed by atoms with Crippen LogP contribution in [0.4, 0.5) is 0 Å². The van der Waals surface area contributed by atoms with Crippen molar-refractivity contribution in [3.63, 3.8) is 0 Å². The second-order valence-corrected chi connectivity index (χ2v) is 5.05. The number of carbonyl (C=O) groups excluding carboxylic acids is 1. The first-order valence-corrected chi connectivity index (χ1v) is 7.15. The number of carbonyl (C=O) groups is 1. The third-order valence-electron chi connectivity index (χ3n) is 3.48. The molecule has 92 valence electrons. The molecule has 0 radical (unpaired) electrons. The molecule has 1 saturated carbocycles. The van der Waals surface area contributed by atoms with Gasteiger partial charge in [0.05, 0.1) is 12.4 Å². The van der Waals surface area contributed by atoms with E-state index in [0.29, 0.717) is 11.2 Å². The summed E-state index contributed by atoms with van der Waals surface area (Å²) in [5.41, 5.74) is 2.03. The lowest BCUT2D eigenvalue weighted by molar-refractivity contribution is 0.102. The summed E-state index contributed by atoms with van der Waals surface area (Å²) in [7, 11) is 1.67. The van der Waals surface area contributed by atoms with Gasteiger partial charge in [-0.15, -0.1) is 0 Å². The number of Topliss-reactive ketones (excluding diaryl/α,β-unsaturated/α-hetero) is 1. The van der Waals surface area contributed by atoms with Gasteiger partial charge < -0.3 is 4.74 Å². The molecule has 0 atom stereocenters. The van der Waals surface area contributed by atoms with E-state index in [2.05, 4.69) is 15.9 Å². The lowest BCUT2D eigenvalue weighted by atomic mass is 9.91. The normalized spacial score (nSPS) is 16.1.